The molecule has 0 aromatic rings. The molecule has 0 aromatic carbocycles. The van der Waals surface area contributed by atoms with E-state index in [-0.39, 0.29) is 242 Å². The number of hydroxylamine groups is 3. The number of carboxylic acids is 2. The normalized spacial score (nSPS) is 9.82. The van der Waals surface area contributed by atoms with Crippen LogP contribution in [0.25, 0.3) is 0 Å². The molecule has 33 heteroatoms. The van der Waals surface area contributed by atoms with Crippen molar-refractivity contribution in [3.63, 3.8) is 0 Å². The van der Waals surface area contributed by atoms with Gasteiger partial charge in [-0.15, -0.1) is 0 Å². The minimum Gasteiger partial charge on any atom is -0.744 e. The van der Waals surface area contributed by atoms with Crippen molar-refractivity contribution >= 4 is 75.8 Å². The van der Waals surface area contributed by atoms with Gasteiger partial charge in [0, 0.05) is 62.5 Å². The fraction of sp³-hybridized carbons (Fsp3) is 0.589. The van der Waals surface area contributed by atoms with Gasteiger partial charge in [-0.25, -0.2) is 51.6 Å². The number of hydrogen-bond acceptors (Lipinski definition) is 29. The molecule has 32 nitrogen and oxygen atoms in total. The van der Waals surface area contributed by atoms with Crippen molar-refractivity contribution in [1.29, 1.82) is 0 Å². The van der Waals surface area contributed by atoms with Gasteiger partial charge in [0.2, 0.25) is 0 Å². The highest BCUT2D eigenvalue weighted by molar-refractivity contribution is 7.85. The predicted molar refractivity (Wildman–Crippen MR) is 498 cm³/mol. The fourth-order valence-corrected chi connectivity index (χ4v) is 6.68. The first-order valence-corrected chi connectivity index (χ1v) is 34.6. The summed E-state index contributed by atoms with van der Waals surface area (Å²) in [7, 11) is 6.25. The number of nitrogens with zero attached hydrogens (tertiary/aromatic N) is 3. The van der Waals surface area contributed by atoms with E-state index >= 15 is 0 Å². The van der Waals surface area contributed by atoms with Crippen molar-refractivity contribution in [2.24, 2.45) is 0 Å². The van der Waals surface area contributed by atoms with Gasteiger partial charge >= 0.3 is 53.7 Å². The van der Waals surface area contributed by atoms with Crippen LogP contribution in [0.15, 0.2) is 158 Å². The molecular formula is C90H176N3O29S-. The third-order valence-corrected chi connectivity index (χ3v) is 12.6. The lowest BCUT2D eigenvalue weighted by molar-refractivity contribution is -0.878. The number of hydrogen-bond donors (Lipinski definition) is 0. The van der Waals surface area contributed by atoms with Crippen LogP contribution in [0.5, 0.6) is 0 Å². The number of carbonyl (C=O) groups is 11. The summed E-state index contributed by atoms with van der Waals surface area (Å²) in [5, 5.41) is 30.6. The van der Waals surface area contributed by atoms with Gasteiger partial charge in [-0.3, -0.25) is 0 Å². The molecule has 0 N–H and O–H groups in total. The van der Waals surface area contributed by atoms with Crippen LogP contribution in [0, 0.1) is 5.21 Å². The third kappa shape index (κ3) is 112. The molecule has 0 heterocycles. The van der Waals surface area contributed by atoms with E-state index in [0.29, 0.717) is 17.6 Å². The lowest BCUT2D eigenvalue weighted by atomic mass is 10.1. The van der Waals surface area contributed by atoms with Crippen molar-refractivity contribution < 1.29 is 146 Å². The molecule has 0 saturated carbocycles. The van der Waals surface area contributed by atoms with E-state index in [1.807, 2.05) is 71.3 Å². The Balaban J connectivity index is -0.0000000531. The van der Waals surface area contributed by atoms with Gasteiger partial charge in [-0.2, -0.15) is 0 Å². The predicted octanol–water partition coefficient (Wildman–Crippen LogP) is 15.1. The molecule has 0 bridgehead atoms. The first-order chi connectivity index (χ1) is 49.7. The van der Waals surface area contributed by atoms with Crippen molar-refractivity contribution in [2.45, 2.75) is 232 Å². The number of rotatable bonds is 42. The second-order valence-corrected chi connectivity index (χ2v) is 27.6. The smallest absolute Gasteiger partial charge is 0.335 e. The maximum absolute atomic E-state index is 11.7. The SMILES string of the molecule is C.C.C.C.C.C.C.C.C.C.C.C.C.C.C/C=C\CC(=O)[O-].C/C=C\C[N+](C)(C)CC(=O)[O-].C/C=C\C[N+](C)(C)CS(=O)(=O)[O-].C/C=C\C[N+](C)(C)[O-].C=C(C)C(=O)OCC(C)(COC(=O)C(=C)C)OC(=O)C(=C)C.C=C(C)C(=O)OCC(COC(=O)C(=C)C)OC(=O)C(=C)C.C=C(C)C(=O)OCOCC(C)(COCOC(=O)C(=C)C)OCOC(=O)C(=C)C. The summed E-state index contributed by atoms with van der Waals surface area (Å²) in [5.41, 5.74) is -0.587. The largest absolute Gasteiger partial charge is 0.744 e. The number of likely N-dealkylation sites (N-methyl/N-ethyl adjacent to an activating group) is 3. The Kier molecular flexibility index (Phi) is 123. The third-order valence-electron chi connectivity index (χ3n) is 11.6. The fourth-order valence-electron chi connectivity index (χ4n) is 5.72. The van der Waals surface area contributed by atoms with E-state index in [1.54, 1.807) is 48.1 Å². The Morgan fingerprint density at radius 3 is 0.878 bits per heavy atom. The molecule has 0 atom stereocenters. The first-order valence-electron chi connectivity index (χ1n) is 33.0. The highest BCUT2D eigenvalue weighted by Gasteiger charge is 2.34. The number of carbonyl (C=O) groups excluding carboxylic acids is 11. The molecule has 0 aromatic heterocycles. The number of aliphatic carboxylic acids is 2. The molecule has 123 heavy (non-hydrogen) atoms. The maximum atomic E-state index is 11.7. The zero-order valence-electron chi connectivity index (χ0n) is 67.8. The maximum Gasteiger partial charge on any atom is 0.335 e. The average molecular weight is 1800 g/mol. The summed E-state index contributed by atoms with van der Waals surface area (Å²) >= 11 is 0. The van der Waals surface area contributed by atoms with Crippen LogP contribution in [-0.4, -0.2) is 244 Å². The molecular weight excluding hydrogens is 1620 g/mol. The molecule has 0 aliphatic heterocycles. The quantitative estimate of drug-likeness (QED) is 0.00630. The van der Waals surface area contributed by atoms with E-state index in [4.69, 9.17) is 56.8 Å². The number of carboxylic acid groups (broad SMARTS) is 2. The summed E-state index contributed by atoms with van der Waals surface area (Å²) in [6, 6.07) is 0. The average Bonchev–Trinajstić information content (AvgIpc) is 0.866. The minimum absolute atomic E-state index is 0. The minimum atomic E-state index is -4.12. The molecule has 0 amide bonds. The summed E-state index contributed by atoms with van der Waals surface area (Å²) in [6.45, 7) is 54.6. The molecule has 0 spiro atoms. The lowest BCUT2D eigenvalue weighted by Crippen LogP contribution is -2.48. The van der Waals surface area contributed by atoms with Crippen molar-refractivity contribution in [3.8, 4) is 0 Å². The number of quaternary nitrogens is 3. The van der Waals surface area contributed by atoms with Gasteiger partial charge < -0.3 is 100 Å². The molecule has 0 fully saturated rings. The summed E-state index contributed by atoms with van der Waals surface area (Å²) in [4.78, 5) is 123. The Labute approximate surface area is 747 Å². The lowest BCUT2D eigenvalue weighted by Gasteiger charge is -2.32. The summed E-state index contributed by atoms with van der Waals surface area (Å²) in [5.74, 6) is -8.08. The van der Waals surface area contributed by atoms with E-state index in [0.717, 1.165) is 6.54 Å². The second kappa shape index (κ2) is 90.2. The molecule has 0 rings (SSSR count). The van der Waals surface area contributed by atoms with Crippen LogP contribution in [0.2, 0.25) is 0 Å². The molecule has 0 aliphatic carbocycles. The highest BCUT2D eigenvalue weighted by Crippen LogP contribution is 2.18. The Bertz CT molecular complexity index is 3220. The van der Waals surface area contributed by atoms with Crippen molar-refractivity contribution in [3.05, 3.63) is 163 Å². The van der Waals surface area contributed by atoms with E-state index in [2.05, 4.69) is 59.2 Å². The summed E-state index contributed by atoms with van der Waals surface area (Å²) in [6.07, 6.45) is 13.6. The number of allylic oxidation sites excluding steroid dienone is 4. The van der Waals surface area contributed by atoms with E-state index < -0.39 is 93.1 Å². The first kappa shape index (κ1) is 168. The van der Waals surface area contributed by atoms with Gasteiger partial charge in [-0.1, -0.05) is 194 Å². The monoisotopic (exact) mass is 1800 g/mol. The number of esters is 9. The molecule has 0 saturated heterocycles. The van der Waals surface area contributed by atoms with Crippen molar-refractivity contribution in [2.75, 3.05) is 134 Å². The van der Waals surface area contributed by atoms with Crippen LogP contribution < -0.4 is 10.2 Å². The molecule has 0 aliphatic rings. The van der Waals surface area contributed by atoms with Gasteiger partial charge in [0.05, 0.1) is 81.1 Å². The summed E-state index contributed by atoms with van der Waals surface area (Å²) < 4.78 is 92.2. The topological polar surface area (TPSA) is 425 Å². The second-order valence-electron chi connectivity index (χ2n) is 26.2. The van der Waals surface area contributed by atoms with Crippen LogP contribution in [0.3, 0.4) is 0 Å². The van der Waals surface area contributed by atoms with Crippen LogP contribution in [0.1, 0.15) is 214 Å². The zero-order valence-corrected chi connectivity index (χ0v) is 68.6. The van der Waals surface area contributed by atoms with Gasteiger partial charge in [0.1, 0.15) is 48.7 Å². The molecule has 0 unspecified atom stereocenters. The molecule has 0 radical (unpaired) electrons. The van der Waals surface area contributed by atoms with Crippen LogP contribution in [0.4, 0.5) is 0 Å². The standard InChI is InChI=1S/C19H28O9.C16H22O6.C15H20O6.C8H15NO2.C7H15NO3S.C6H13NO.C5H8O2.14CH4/c1-13(2)16(20)25-10-23-8-19(7,28-12-27-18(22)15(5)6)9-24-11-26-17(21)14(3)4;1-10(2)13(17)20-8-16(7,22-15(19)12(5)6)9-21-14(18)11(3)4;1-9(2)13(16)19-7-12(21-15(18)11(5)6)8-20-14(17)10(3)4;1-4-5-6-9(2,3)7-8(10)11;1-4-5-6-8(2,3)7-12(9,10)11;1-4-5-6-7(2,3)8;1-2-3-4-5(6)7;;;;;;;;;;;;;;/h1,3,5,8-12H2,2,4,6-7H3;1,3,5,8-9H2,2,4,6-7H3;12H,1,3,5,7-8H2,2,4,6H3;4-5H,6-7H2,1-3H3;4-5H,6-7H2,1-3H3;4-5H,6H2,1-3H3;2-3H,4H2,1H3,(H,6,7);14*1H4/p-1/b;;;3*5-4-;3-2-;;;;;;;;;;;;;;. The molecule has 732 valence electrons. The Morgan fingerprint density at radius 2 is 0.634 bits per heavy atom. The van der Waals surface area contributed by atoms with Gasteiger partial charge in [0.15, 0.2) is 38.0 Å². The van der Waals surface area contributed by atoms with Crippen LogP contribution >= 0.6 is 0 Å². The highest BCUT2D eigenvalue weighted by atomic mass is 32.2. The Hall–Kier alpha value is -9.58. The van der Waals surface area contributed by atoms with E-state index in [1.165, 1.54) is 75.3 Å². The number of ether oxygens (including phenoxy) is 12. The zero-order chi connectivity index (χ0) is 86.9. The van der Waals surface area contributed by atoms with Crippen LogP contribution in [-0.2, 0) is 120 Å². The van der Waals surface area contributed by atoms with E-state index in [9.17, 15) is 81.1 Å². The van der Waals surface area contributed by atoms with Gasteiger partial charge in [-0.05, 0) is 122 Å². The Morgan fingerprint density at radius 1 is 0.366 bits per heavy atom. The van der Waals surface area contributed by atoms with Crippen molar-refractivity contribution in [1.82, 2.24) is 0 Å². The van der Waals surface area contributed by atoms with Gasteiger partial charge in [0.25, 0.3) is 0 Å².